The molecule has 2 bridgehead atoms. The largest absolute Gasteiger partial charge is 0.460 e. The topological polar surface area (TPSA) is 114 Å². The summed E-state index contributed by atoms with van der Waals surface area (Å²) in [4.78, 5) is 22.5. The van der Waals surface area contributed by atoms with Gasteiger partial charge in [-0.25, -0.2) is 9.59 Å². The van der Waals surface area contributed by atoms with E-state index >= 15 is 0 Å². The molecular formula is C14H18O9S. The van der Waals surface area contributed by atoms with E-state index in [1.54, 1.807) is 6.92 Å². The van der Waals surface area contributed by atoms with Crippen molar-refractivity contribution < 1.29 is 41.1 Å². The first-order valence-corrected chi connectivity index (χ1v) is 8.91. The number of carbonyl (C=O) groups is 2. The van der Waals surface area contributed by atoms with Crippen LogP contribution in [-0.4, -0.2) is 69.3 Å². The molecule has 3 heterocycles. The summed E-state index contributed by atoms with van der Waals surface area (Å²) in [6.45, 7) is 4.26. The third-order valence-electron chi connectivity index (χ3n) is 4.40. The molecule has 134 valence electrons. The van der Waals surface area contributed by atoms with Gasteiger partial charge in [0.2, 0.25) is 0 Å². The third-order valence-corrected chi connectivity index (χ3v) is 6.17. The first-order chi connectivity index (χ1) is 11.3. The van der Waals surface area contributed by atoms with Gasteiger partial charge in [0.15, 0.2) is 0 Å². The Balaban J connectivity index is 1.47. The van der Waals surface area contributed by atoms with Gasteiger partial charge < -0.3 is 18.9 Å². The molecule has 0 saturated carbocycles. The molecule has 3 aliphatic rings. The van der Waals surface area contributed by atoms with Gasteiger partial charge in [0.05, 0.1) is 6.10 Å². The number of rotatable bonds is 7. The Labute approximate surface area is 139 Å². The van der Waals surface area contributed by atoms with Crippen LogP contribution in [0.1, 0.15) is 13.3 Å². The maximum absolute atomic E-state index is 11.9. The van der Waals surface area contributed by atoms with E-state index in [0.29, 0.717) is 6.42 Å². The highest BCUT2D eigenvalue weighted by Gasteiger charge is 2.72. The minimum absolute atomic E-state index is 0.0887. The smallest absolute Gasteiger partial charge is 0.332 e. The van der Waals surface area contributed by atoms with Gasteiger partial charge in [-0.15, -0.1) is 0 Å². The van der Waals surface area contributed by atoms with Crippen molar-refractivity contribution in [2.24, 2.45) is 0 Å². The molecule has 3 rings (SSSR count). The van der Waals surface area contributed by atoms with E-state index in [9.17, 15) is 18.0 Å². The zero-order valence-corrected chi connectivity index (χ0v) is 13.8. The van der Waals surface area contributed by atoms with Crippen molar-refractivity contribution in [1.82, 2.24) is 0 Å². The Bertz CT molecular complexity index is 657. The fourth-order valence-electron chi connectivity index (χ4n) is 3.42. The standard InChI is InChI=1S/C14H18O9S/c1-3-10(15)19-4-5-20-11(16)7-21-12-8-6-9-13(22-8)14(12,2)23-24(9,17)18/h3,8-9,12-13H,1,4-7H2,2H3. The highest BCUT2D eigenvalue weighted by atomic mass is 32.2. The van der Waals surface area contributed by atoms with Crippen molar-refractivity contribution in [3.63, 3.8) is 0 Å². The molecule has 0 amide bonds. The predicted molar refractivity (Wildman–Crippen MR) is 77.3 cm³/mol. The lowest BCUT2D eigenvalue weighted by Crippen LogP contribution is -2.50. The predicted octanol–water partition coefficient (Wildman–Crippen LogP) is -0.698. The van der Waals surface area contributed by atoms with Gasteiger partial charge in [-0.05, 0) is 13.3 Å². The van der Waals surface area contributed by atoms with Crippen LogP contribution >= 0.6 is 0 Å². The summed E-state index contributed by atoms with van der Waals surface area (Å²) in [7, 11) is -3.67. The molecule has 3 saturated heterocycles. The quantitative estimate of drug-likeness (QED) is 0.251. The van der Waals surface area contributed by atoms with E-state index in [0.717, 1.165) is 6.08 Å². The fourth-order valence-corrected chi connectivity index (χ4v) is 5.30. The first-order valence-electron chi connectivity index (χ1n) is 7.44. The van der Waals surface area contributed by atoms with E-state index in [1.165, 1.54) is 0 Å². The molecule has 0 N–H and O–H groups in total. The van der Waals surface area contributed by atoms with Gasteiger partial charge >= 0.3 is 11.9 Å². The van der Waals surface area contributed by atoms with Crippen LogP contribution in [0, 0.1) is 0 Å². The summed E-state index contributed by atoms with van der Waals surface area (Å²) >= 11 is 0. The van der Waals surface area contributed by atoms with E-state index in [1.807, 2.05) is 0 Å². The van der Waals surface area contributed by atoms with Crippen molar-refractivity contribution in [2.75, 3.05) is 19.8 Å². The Kier molecular flexibility index (Phi) is 4.41. The van der Waals surface area contributed by atoms with E-state index < -0.39 is 51.2 Å². The average molecular weight is 362 g/mol. The van der Waals surface area contributed by atoms with Crippen LogP contribution in [-0.2, 0) is 42.8 Å². The molecular weight excluding hydrogens is 344 g/mol. The van der Waals surface area contributed by atoms with Gasteiger partial charge in [-0.1, -0.05) is 6.58 Å². The lowest BCUT2D eigenvalue weighted by molar-refractivity contribution is -0.159. The molecule has 5 unspecified atom stereocenters. The number of carbonyl (C=O) groups excluding carboxylic acids is 2. The Morgan fingerprint density at radius 1 is 1.33 bits per heavy atom. The van der Waals surface area contributed by atoms with E-state index in [2.05, 4.69) is 11.3 Å². The van der Waals surface area contributed by atoms with Crippen LogP contribution in [0.2, 0.25) is 0 Å². The summed E-state index contributed by atoms with van der Waals surface area (Å²) in [5.41, 5.74) is -1.12. The average Bonchev–Trinajstić information content (AvgIpc) is 3.09. The molecule has 0 spiro atoms. The molecule has 3 fully saturated rings. The highest BCUT2D eigenvalue weighted by molar-refractivity contribution is 7.87. The maximum Gasteiger partial charge on any atom is 0.332 e. The zero-order valence-electron chi connectivity index (χ0n) is 13.0. The minimum Gasteiger partial charge on any atom is -0.460 e. The van der Waals surface area contributed by atoms with Crippen LogP contribution in [0.3, 0.4) is 0 Å². The lowest BCUT2D eigenvalue weighted by Gasteiger charge is -2.30. The molecule has 0 aromatic rings. The molecule has 0 aromatic heterocycles. The SMILES string of the molecule is C=CC(=O)OCCOC(=O)COC1C2CC3C(O2)C1(C)OS3(=O)=O. The molecule has 0 aliphatic carbocycles. The van der Waals surface area contributed by atoms with Crippen molar-refractivity contribution >= 4 is 22.1 Å². The number of esters is 2. The van der Waals surface area contributed by atoms with Crippen molar-refractivity contribution in [2.45, 2.75) is 42.5 Å². The van der Waals surface area contributed by atoms with Crippen LogP contribution in [0.15, 0.2) is 12.7 Å². The molecule has 3 aliphatic heterocycles. The Hall–Kier alpha value is -1.49. The van der Waals surface area contributed by atoms with Gasteiger partial charge in [-0.2, -0.15) is 8.42 Å². The minimum atomic E-state index is -3.67. The van der Waals surface area contributed by atoms with Crippen molar-refractivity contribution in [3.05, 3.63) is 12.7 Å². The second-order valence-electron chi connectivity index (χ2n) is 5.95. The maximum atomic E-state index is 11.9. The second kappa shape index (κ2) is 6.10. The molecule has 24 heavy (non-hydrogen) atoms. The monoisotopic (exact) mass is 362 g/mol. The molecule has 0 radical (unpaired) electrons. The highest BCUT2D eigenvalue weighted by Crippen LogP contribution is 2.54. The number of hydrogen-bond acceptors (Lipinski definition) is 9. The van der Waals surface area contributed by atoms with Gasteiger partial charge in [0.25, 0.3) is 10.1 Å². The number of hydrogen-bond donors (Lipinski definition) is 0. The Morgan fingerprint density at radius 2 is 2.04 bits per heavy atom. The molecule has 0 aromatic carbocycles. The lowest BCUT2D eigenvalue weighted by atomic mass is 9.83. The fraction of sp³-hybridized carbons (Fsp3) is 0.714. The number of ether oxygens (including phenoxy) is 4. The van der Waals surface area contributed by atoms with E-state index in [4.69, 9.17) is 18.4 Å². The summed E-state index contributed by atoms with van der Waals surface area (Å²) in [6.07, 6.45) is -0.374. The van der Waals surface area contributed by atoms with Gasteiger partial charge in [-0.3, -0.25) is 4.18 Å². The van der Waals surface area contributed by atoms with Crippen LogP contribution < -0.4 is 0 Å². The van der Waals surface area contributed by atoms with Gasteiger partial charge in [0.1, 0.15) is 42.9 Å². The third kappa shape index (κ3) is 2.83. The summed E-state index contributed by atoms with van der Waals surface area (Å²) in [5.74, 6) is -1.27. The molecule has 10 heteroatoms. The van der Waals surface area contributed by atoms with Crippen LogP contribution in [0.25, 0.3) is 0 Å². The molecule has 9 nitrogen and oxygen atoms in total. The summed E-state index contributed by atoms with van der Waals surface area (Å²) in [6, 6.07) is 0. The first kappa shape index (κ1) is 17.3. The van der Waals surface area contributed by atoms with Crippen molar-refractivity contribution in [1.29, 1.82) is 0 Å². The number of fused-ring (bicyclic) bond motifs is 1. The van der Waals surface area contributed by atoms with Crippen LogP contribution in [0.4, 0.5) is 0 Å². The van der Waals surface area contributed by atoms with E-state index in [-0.39, 0.29) is 19.8 Å². The second-order valence-corrected chi connectivity index (χ2v) is 7.71. The normalized spacial score (nSPS) is 38.0. The van der Waals surface area contributed by atoms with Gasteiger partial charge in [0, 0.05) is 6.08 Å². The Morgan fingerprint density at radius 3 is 2.75 bits per heavy atom. The summed E-state index contributed by atoms with van der Waals surface area (Å²) in [5, 5.41) is -0.668. The zero-order chi connectivity index (χ0) is 17.5. The van der Waals surface area contributed by atoms with Crippen molar-refractivity contribution in [3.8, 4) is 0 Å². The summed E-state index contributed by atoms with van der Waals surface area (Å²) < 4.78 is 49.7. The van der Waals surface area contributed by atoms with Crippen LogP contribution in [0.5, 0.6) is 0 Å². The molecule has 5 atom stereocenters.